The van der Waals surface area contributed by atoms with Crippen LogP contribution in [0.1, 0.15) is 24.8 Å². The monoisotopic (exact) mass is 394 g/mol. The minimum atomic E-state index is 0. The van der Waals surface area contributed by atoms with Gasteiger partial charge in [-0.25, -0.2) is 0 Å². The molecule has 24 heavy (non-hydrogen) atoms. The van der Waals surface area contributed by atoms with Crippen LogP contribution in [0.15, 0.2) is 18.2 Å². The van der Waals surface area contributed by atoms with Crippen molar-refractivity contribution in [2.75, 3.05) is 33.4 Å². The van der Waals surface area contributed by atoms with Crippen molar-refractivity contribution in [1.29, 1.82) is 0 Å². The zero-order valence-electron chi connectivity index (χ0n) is 13.9. The fourth-order valence-electron chi connectivity index (χ4n) is 2.96. The fraction of sp³-hybridized carbons (Fsp3) is 0.588. The third kappa shape index (κ3) is 6.41. The van der Waals surface area contributed by atoms with Crippen LogP contribution in [0.4, 0.5) is 0 Å². The molecule has 7 heteroatoms. The number of rotatable bonds is 7. The Morgan fingerprint density at radius 1 is 1.29 bits per heavy atom. The van der Waals surface area contributed by atoms with Crippen molar-refractivity contribution in [2.24, 2.45) is 5.41 Å². The van der Waals surface area contributed by atoms with E-state index >= 15 is 0 Å². The Balaban J connectivity index is 0.00000288. The van der Waals surface area contributed by atoms with E-state index in [1.165, 1.54) is 0 Å². The minimum Gasteiger partial charge on any atom is -0.384 e. The summed E-state index contributed by atoms with van der Waals surface area (Å²) in [4.78, 5) is 12.1. The lowest BCUT2D eigenvalue weighted by Crippen LogP contribution is -2.47. The number of piperidine rings is 1. The van der Waals surface area contributed by atoms with E-state index in [-0.39, 0.29) is 23.7 Å². The first kappa shape index (κ1) is 21.5. The van der Waals surface area contributed by atoms with Crippen LogP contribution in [0.25, 0.3) is 0 Å². The summed E-state index contributed by atoms with van der Waals surface area (Å²) >= 11 is 11.9. The molecule has 0 bridgehead atoms. The molecule has 4 nitrogen and oxygen atoms in total. The number of halogens is 3. The highest BCUT2D eigenvalue weighted by atomic mass is 35.5. The predicted molar refractivity (Wildman–Crippen MR) is 101 cm³/mol. The van der Waals surface area contributed by atoms with Gasteiger partial charge in [-0.15, -0.1) is 12.4 Å². The van der Waals surface area contributed by atoms with Gasteiger partial charge in [-0.3, -0.25) is 4.79 Å². The topological polar surface area (TPSA) is 50.4 Å². The Kier molecular flexibility index (Phi) is 9.39. The molecule has 1 amide bonds. The highest BCUT2D eigenvalue weighted by molar-refractivity contribution is 6.42. The zero-order valence-corrected chi connectivity index (χ0v) is 16.2. The van der Waals surface area contributed by atoms with Crippen molar-refractivity contribution in [3.05, 3.63) is 33.8 Å². The number of aryl methyl sites for hydroxylation is 1. The highest BCUT2D eigenvalue weighted by Crippen LogP contribution is 2.28. The number of benzene rings is 1. The maximum atomic E-state index is 12.1. The number of carbonyl (C=O) groups excluding carboxylic acids is 1. The van der Waals surface area contributed by atoms with E-state index < -0.39 is 0 Å². The fourth-order valence-corrected chi connectivity index (χ4v) is 3.28. The van der Waals surface area contributed by atoms with Gasteiger partial charge in [-0.1, -0.05) is 29.3 Å². The standard InChI is InChI=1S/C17H24Cl2N2O2.ClH/c1-23-12-17(6-8-20-9-7-17)11-21-16(22)5-3-13-2-4-14(18)15(19)10-13;/h2,4,10,20H,3,5-9,11-12H2,1H3,(H,21,22);1H. The van der Waals surface area contributed by atoms with Crippen LogP contribution in [0.2, 0.25) is 10.0 Å². The zero-order chi connectivity index (χ0) is 16.7. The molecule has 1 aromatic carbocycles. The first-order valence-corrected chi connectivity index (χ1v) is 8.70. The van der Waals surface area contributed by atoms with E-state index in [4.69, 9.17) is 27.9 Å². The van der Waals surface area contributed by atoms with Crippen molar-refractivity contribution in [3.8, 4) is 0 Å². The van der Waals surface area contributed by atoms with E-state index in [1.54, 1.807) is 13.2 Å². The highest BCUT2D eigenvalue weighted by Gasteiger charge is 2.32. The molecule has 1 fully saturated rings. The summed E-state index contributed by atoms with van der Waals surface area (Å²) in [5, 5.41) is 7.48. The lowest BCUT2D eigenvalue weighted by atomic mass is 9.79. The Morgan fingerprint density at radius 2 is 2.00 bits per heavy atom. The number of methoxy groups -OCH3 is 1. The van der Waals surface area contributed by atoms with Crippen LogP contribution in [0.5, 0.6) is 0 Å². The molecule has 0 spiro atoms. The summed E-state index contributed by atoms with van der Waals surface area (Å²) in [7, 11) is 1.72. The van der Waals surface area contributed by atoms with Gasteiger partial charge in [0.15, 0.2) is 0 Å². The molecule has 1 aliphatic heterocycles. The van der Waals surface area contributed by atoms with Gasteiger partial charge in [0.25, 0.3) is 0 Å². The Hall–Kier alpha value is -0.520. The van der Waals surface area contributed by atoms with Crippen LogP contribution in [-0.2, 0) is 16.0 Å². The summed E-state index contributed by atoms with van der Waals surface area (Å²) in [6.45, 7) is 3.30. The smallest absolute Gasteiger partial charge is 0.220 e. The van der Waals surface area contributed by atoms with Gasteiger partial charge in [0.05, 0.1) is 16.7 Å². The second-order valence-corrected chi connectivity index (χ2v) is 7.02. The van der Waals surface area contributed by atoms with E-state index in [0.717, 1.165) is 31.5 Å². The van der Waals surface area contributed by atoms with Gasteiger partial charge in [0, 0.05) is 25.5 Å². The molecule has 2 N–H and O–H groups in total. The Labute approximate surface area is 160 Å². The van der Waals surface area contributed by atoms with E-state index in [9.17, 15) is 4.79 Å². The molecule has 1 saturated heterocycles. The van der Waals surface area contributed by atoms with Crippen molar-refractivity contribution < 1.29 is 9.53 Å². The van der Waals surface area contributed by atoms with Crippen LogP contribution < -0.4 is 10.6 Å². The summed E-state index contributed by atoms with van der Waals surface area (Å²) in [6.07, 6.45) is 3.14. The SMILES string of the molecule is COCC1(CNC(=O)CCc2ccc(Cl)c(Cl)c2)CCNCC1.Cl. The van der Waals surface area contributed by atoms with Crippen LogP contribution >= 0.6 is 35.6 Å². The van der Waals surface area contributed by atoms with E-state index in [0.29, 0.717) is 36.0 Å². The molecule has 0 atom stereocenters. The lowest BCUT2D eigenvalue weighted by molar-refractivity contribution is -0.122. The third-order valence-corrected chi connectivity index (χ3v) is 5.14. The van der Waals surface area contributed by atoms with Crippen molar-refractivity contribution in [1.82, 2.24) is 10.6 Å². The van der Waals surface area contributed by atoms with Gasteiger partial charge >= 0.3 is 0 Å². The van der Waals surface area contributed by atoms with Crippen LogP contribution in [0, 0.1) is 5.41 Å². The second-order valence-electron chi connectivity index (χ2n) is 6.21. The maximum Gasteiger partial charge on any atom is 0.220 e. The molecular formula is C17H25Cl3N2O2. The van der Waals surface area contributed by atoms with Gasteiger partial charge in [-0.05, 0) is 50.0 Å². The third-order valence-electron chi connectivity index (χ3n) is 4.40. The van der Waals surface area contributed by atoms with Gasteiger partial charge < -0.3 is 15.4 Å². The van der Waals surface area contributed by atoms with Crippen molar-refractivity contribution >= 4 is 41.5 Å². The number of hydrogen-bond acceptors (Lipinski definition) is 3. The van der Waals surface area contributed by atoms with Crippen LogP contribution in [0.3, 0.4) is 0 Å². The minimum absolute atomic E-state index is 0. The largest absolute Gasteiger partial charge is 0.384 e. The summed E-state index contributed by atoms with van der Waals surface area (Å²) in [5.74, 6) is 0.0603. The molecule has 1 aliphatic rings. The molecule has 1 aromatic rings. The van der Waals surface area contributed by atoms with E-state index in [2.05, 4.69) is 10.6 Å². The average molecular weight is 396 g/mol. The first-order valence-electron chi connectivity index (χ1n) is 7.95. The number of carbonyl (C=O) groups is 1. The summed E-state index contributed by atoms with van der Waals surface area (Å²) < 4.78 is 5.36. The molecule has 0 aromatic heterocycles. The van der Waals surface area contributed by atoms with Crippen molar-refractivity contribution in [2.45, 2.75) is 25.7 Å². The number of ether oxygens (including phenoxy) is 1. The molecule has 0 aliphatic carbocycles. The molecule has 1 heterocycles. The van der Waals surface area contributed by atoms with Gasteiger partial charge in [-0.2, -0.15) is 0 Å². The Bertz CT molecular complexity index is 529. The summed E-state index contributed by atoms with van der Waals surface area (Å²) in [5.41, 5.74) is 1.07. The molecule has 0 radical (unpaired) electrons. The van der Waals surface area contributed by atoms with Crippen molar-refractivity contribution in [3.63, 3.8) is 0 Å². The molecular weight excluding hydrogens is 371 g/mol. The lowest BCUT2D eigenvalue weighted by Gasteiger charge is -2.37. The predicted octanol–water partition coefficient (Wildman–Crippen LogP) is 3.48. The molecule has 0 saturated carbocycles. The Morgan fingerprint density at radius 3 is 2.62 bits per heavy atom. The van der Waals surface area contributed by atoms with Crippen LogP contribution in [-0.4, -0.2) is 39.3 Å². The molecule has 0 unspecified atom stereocenters. The molecule has 2 rings (SSSR count). The van der Waals surface area contributed by atoms with E-state index in [1.807, 2.05) is 12.1 Å². The maximum absolute atomic E-state index is 12.1. The normalized spacial score (nSPS) is 16.3. The number of nitrogens with one attached hydrogen (secondary N) is 2. The first-order chi connectivity index (χ1) is 11.0. The van der Waals surface area contributed by atoms with Gasteiger partial charge in [0.1, 0.15) is 0 Å². The molecule has 136 valence electrons. The quantitative estimate of drug-likeness (QED) is 0.743. The second kappa shape index (κ2) is 10.5. The average Bonchev–Trinajstić information content (AvgIpc) is 2.55. The number of hydrogen-bond donors (Lipinski definition) is 2. The number of amides is 1. The summed E-state index contributed by atoms with van der Waals surface area (Å²) in [6, 6.07) is 5.48. The van der Waals surface area contributed by atoms with Gasteiger partial charge in [0.2, 0.25) is 5.91 Å².